The molecule has 2 heteroatoms. The molecule has 2 unspecified atom stereocenters. The third-order valence-corrected chi connectivity index (χ3v) is 4.88. The fourth-order valence-corrected chi connectivity index (χ4v) is 3.87. The van der Waals surface area contributed by atoms with E-state index < -0.39 is 0 Å². The Bertz CT molecular complexity index is 392. The first-order valence-electron chi connectivity index (χ1n) is 8.67. The van der Waals surface area contributed by atoms with Crippen molar-refractivity contribution in [1.29, 1.82) is 0 Å². The highest BCUT2D eigenvalue weighted by Crippen LogP contribution is 2.41. The number of allylic oxidation sites excluding steroid dienone is 3. The normalized spacial score (nSPS) is 29.6. The Labute approximate surface area is 125 Å². The molecule has 0 radical (unpaired) electrons. The molecule has 2 atom stereocenters. The van der Waals surface area contributed by atoms with Crippen LogP contribution in [0.25, 0.3) is 0 Å². The van der Waals surface area contributed by atoms with E-state index in [0.29, 0.717) is 6.17 Å². The lowest BCUT2D eigenvalue weighted by molar-refractivity contribution is 0.426. The lowest BCUT2D eigenvalue weighted by Crippen LogP contribution is -2.45. The maximum Gasteiger partial charge on any atom is 0.0992 e. The molecule has 0 saturated carbocycles. The number of fused-ring (bicyclic) bond motifs is 1. The molecule has 0 amide bonds. The molecular weight excluding hydrogens is 244 g/mol. The Morgan fingerprint density at radius 3 is 2.50 bits per heavy atom. The van der Waals surface area contributed by atoms with Crippen LogP contribution >= 0.6 is 0 Å². The van der Waals surface area contributed by atoms with Gasteiger partial charge in [-0.05, 0) is 74.6 Å². The van der Waals surface area contributed by atoms with Gasteiger partial charge >= 0.3 is 0 Å². The van der Waals surface area contributed by atoms with Crippen LogP contribution in [0.1, 0.15) is 72.1 Å². The Morgan fingerprint density at radius 2 is 1.75 bits per heavy atom. The quantitative estimate of drug-likeness (QED) is 0.737. The van der Waals surface area contributed by atoms with Gasteiger partial charge in [0.25, 0.3) is 0 Å². The first kappa shape index (κ1) is 15.6. The molecule has 2 N–H and O–H groups in total. The fourth-order valence-electron chi connectivity index (χ4n) is 3.87. The first-order chi connectivity index (χ1) is 9.79. The second-order valence-electron chi connectivity index (χ2n) is 6.24. The Balaban J connectivity index is 0.000000704. The van der Waals surface area contributed by atoms with E-state index in [-0.39, 0.29) is 0 Å². The van der Waals surface area contributed by atoms with E-state index in [2.05, 4.69) is 24.6 Å². The van der Waals surface area contributed by atoms with Gasteiger partial charge in [0.15, 0.2) is 0 Å². The van der Waals surface area contributed by atoms with Gasteiger partial charge in [-0.2, -0.15) is 0 Å². The average Bonchev–Trinajstić information content (AvgIpc) is 2.73. The third kappa shape index (κ3) is 3.11. The minimum atomic E-state index is 0.402. The van der Waals surface area contributed by atoms with Gasteiger partial charge in [0.1, 0.15) is 0 Å². The fraction of sp³-hybridized carbons (Fsp3) is 0.778. The van der Waals surface area contributed by atoms with Crippen molar-refractivity contribution in [3.05, 3.63) is 22.4 Å². The lowest BCUT2D eigenvalue weighted by atomic mass is 9.77. The van der Waals surface area contributed by atoms with Crippen molar-refractivity contribution < 1.29 is 0 Å². The van der Waals surface area contributed by atoms with Crippen LogP contribution < -0.4 is 10.6 Å². The van der Waals surface area contributed by atoms with Gasteiger partial charge < -0.3 is 5.32 Å². The van der Waals surface area contributed by atoms with Crippen LogP contribution in [0.5, 0.6) is 0 Å². The molecule has 20 heavy (non-hydrogen) atoms. The molecule has 0 aromatic heterocycles. The molecule has 114 valence electrons. The Kier molecular flexibility index (Phi) is 5.71. The molecule has 2 aliphatic carbocycles. The minimum absolute atomic E-state index is 0.402. The summed E-state index contributed by atoms with van der Waals surface area (Å²) in [6.07, 6.45) is 11.1. The lowest BCUT2D eigenvalue weighted by Gasteiger charge is -2.38. The van der Waals surface area contributed by atoms with Crippen LogP contribution in [0, 0.1) is 5.92 Å². The molecular formula is C18H32N2. The second kappa shape index (κ2) is 7.31. The van der Waals surface area contributed by atoms with E-state index in [1.807, 2.05) is 13.8 Å². The van der Waals surface area contributed by atoms with Crippen LogP contribution in [0.3, 0.4) is 0 Å². The zero-order valence-electron chi connectivity index (χ0n) is 13.8. The number of hydrogen-bond donors (Lipinski definition) is 2. The van der Waals surface area contributed by atoms with Crippen LogP contribution in [0.2, 0.25) is 0 Å². The highest BCUT2D eigenvalue weighted by molar-refractivity contribution is 5.45. The van der Waals surface area contributed by atoms with E-state index in [1.54, 1.807) is 22.4 Å². The SMILES string of the molecule is CC.CNC1NC2=C(CCCCC2)C2=C1CC(C)CC2. The molecule has 1 heterocycles. The second-order valence-corrected chi connectivity index (χ2v) is 6.24. The summed E-state index contributed by atoms with van der Waals surface area (Å²) < 4.78 is 0. The highest BCUT2D eigenvalue weighted by Gasteiger charge is 2.31. The molecule has 2 nitrogen and oxygen atoms in total. The zero-order chi connectivity index (χ0) is 14.5. The largest absolute Gasteiger partial charge is 0.369 e. The molecule has 3 rings (SSSR count). The van der Waals surface area contributed by atoms with Crippen molar-refractivity contribution >= 4 is 0 Å². The van der Waals surface area contributed by atoms with Crippen molar-refractivity contribution in [3.63, 3.8) is 0 Å². The Morgan fingerprint density at radius 1 is 1.00 bits per heavy atom. The van der Waals surface area contributed by atoms with Crippen LogP contribution in [0.4, 0.5) is 0 Å². The molecule has 1 aliphatic heterocycles. The Hall–Kier alpha value is -0.760. The van der Waals surface area contributed by atoms with Crippen LogP contribution in [-0.4, -0.2) is 13.2 Å². The smallest absolute Gasteiger partial charge is 0.0992 e. The summed E-state index contributed by atoms with van der Waals surface area (Å²) >= 11 is 0. The monoisotopic (exact) mass is 276 g/mol. The van der Waals surface area contributed by atoms with Crippen molar-refractivity contribution in [2.75, 3.05) is 7.05 Å². The van der Waals surface area contributed by atoms with Gasteiger partial charge in [0, 0.05) is 5.70 Å². The van der Waals surface area contributed by atoms with Gasteiger partial charge in [-0.25, -0.2) is 0 Å². The van der Waals surface area contributed by atoms with Crippen LogP contribution in [0.15, 0.2) is 22.4 Å². The van der Waals surface area contributed by atoms with E-state index in [4.69, 9.17) is 0 Å². The van der Waals surface area contributed by atoms with Gasteiger partial charge in [-0.1, -0.05) is 27.2 Å². The number of rotatable bonds is 1. The van der Waals surface area contributed by atoms with Crippen molar-refractivity contribution in [2.45, 2.75) is 78.3 Å². The third-order valence-electron chi connectivity index (χ3n) is 4.88. The highest BCUT2D eigenvalue weighted by atomic mass is 15.1. The summed E-state index contributed by atoms with van der Waals surface area (Å²) in [6.45, 7) is 6.40. The van der Waals surface area contributed by atoms with Crippen molar-refractivity contribution in [1.82, 2.24) is 10.6 Å². The predicted octanol–water partition coefficient (Wildman–Crippen LogP) is 4.50. The molecule has 0 spiro atoms. The summed E-state index contributed by atoms with van der Waals surface area (Å²) in [5.74, 6) is 0.856. The first-order valence-corrected chi connectivity index (χ1v) is 8.67. The molecule has 3 aliphatic rings. The molecule has 0 fully saturated rings. The van der Waals surface area contributed by atoms with Gasteiger partial charge in [-0.3, -0.25) is 5.32 Å². The summed E-state index contributed by atoms with van der Waals surface area (Å²) in [5.41, 5.74) is 6.64. The number of hydrogen-bond acceptors (Lipinski definition) is 2. The number of nitrogens with one attached hydrogen (secondary N) is 2. The summed E-state index contributed by atoms with van der Waals surface area (Å²) in [4.78, 5) is 0. The van der Waals surface area contributed by atoms with E-state index in [0.717, 1.165) is 5.92 Å². The summed E-state index contributed by atoms with van der Waals surface area (Å²) in [5, 5.41) is 7.25. The van der Waals surface area contributed by atoms with Gasteiger partial charge in [0.2, 0.25) is 0 Å². The number of likely N-dealkylation sites (N-methyl/N-ethyl adjacent to an activating group) is 1. The molecule has 0 saturated heterocycles. The van der Waals surface area contributed by atoms with Gasteiger partial charge in [0.05, 0.1) is 6.17 Å². The predicted molar refractivity (Wildman–Crippen MR) is 87.5 cm³/mol. The maximum atomic E-state index is 3.78. The van der Waals surface area contributed by atoms with Crippen LogP contribution in [-0.2, 0) is 0 Å². The van der Waals surface area contributed by atoms with E-state index in [1.165, 1.54) is 51.4 Å². The standard InChI is InChI=1S/C16H26N2.C2H6/c1-11-8-9-12-13-6-4-3-5-7-15(13)18-16(17-2)14(12)10-11;1-2/h11,16-18H,3-10H2,1-2H3;1-2H3. The van der Waals surface area contributed by atoms with Gasteiger partial charge in [-0.15, -0.1) is 0 Å². The van der Waals surface area contributed by atoms with E-state index in [9.17, 15) is 0 Å². The van der Waals surface area contributed by atoms with Crippen molar-refractivity contribution in [2.24, 2.45) is 5.92 Å². The summed E-state index contributed by atoms with van der Waals surface area (Å²) in [7, 11) is 2.09. The zero-order valence-corrected chi connectivity index (χ0v) is 13.8. The minimum Gasteiger partial charge on any atom is -0.369 e. The average molecular weight is 276 g/mol. The van der Waals surface area contributed by atoms with Crippen molar-refractivity contribution in [3.8, 4) is 0 Å². The topological polar surface area (TPSA) is 24.1 Å². The molecule has 0 aromatic carbocycles. The summed E-state index contributed by atoms with van der Waals surface area (Å²) in [6, 6.07) is 0. The molecule has 0 aromatic rings. The van der Waals surface area contributed by atoms with E-state index >= 15 is 0 Å². The molecule has 0 bridgehead atoms. The number of dihydropyridines is 1. The maximum absolute atomic E-state index is 3.78.